The van der Waals surface area contributed by atoms with Gasteiger partial charge in [-0.25, -0.2) is 0 Å². The number of hydrogen-bond acceptors (Lipinski definition) is 2. The fourth-order valence-corrected chi connectivity index (χ4v) is 2.10. The molecule has 5 heteroatoms. The average Bonchev–Trinajstić information content (AvgIpc) is 3.07. The number of benzene rings is 1. The van der Waals surface area contributed by atoms with Crippen LogP contribution in [-0.2, 0) is 0 Å². The van der Waals surface area contributed by atoms with Gasteiger partial charge in [0.15, 0.2) is 0 Å². The van der Waals surface area contributed by atoms with Crippen molar-refractivity contribution in [3.05, 3.63) is 33.8 Å². The SMILES string of the molecule is O=C(NCC1(CO)CC1)c1ccc(Cl)cc1Cl. The number of carbonyl (C=O) groups excluding carboxylic acids is 1. The van der Waals surface area contributed by atoms with Crippen LogP contribution in [0.2, 0.25) is 10.0 Å². The van der Waals surface area contributed by atoms with E-state index in [2.05, 4.69) is 5.32 Å². The van der Waals surface area contributed by atoms with E-state index in [1.807, 2.05) is 0 Å². The summed E-state index contributed by atoms with van der Waals surface area (Å²) in [4.78, 5) is 11.8. The third kappa shape index (κ3) is 2.92. The highest BCUT2D eigenvalue weighted by atomic mass is 35.5. The van der Waals surface area contributed by atoms with Gasteiger partial charge >= 0.3 is 0 Å². The molecule has 1 aliphatic rings. The molecule has 2 N–H and O–H groups in total. The third-order valence-corrected chi connectivity index (χ3v) is 3.64. The number of halogens is 2. The fourth-order valence-electron chi connectivity index (χ4n) is 1.60. The standard InChI is InChI=1S/C12H13Cl2NO2/c13-8-1-2-9(10(14)5-8)11(17)15-6-12(7-16)3-4-12/h1-2,5,16H,3-4,6-7H2,(H,15,17). The van der Waals surface area contributed by atoms with Crippen molar-refractivity contribution in [2.24, 2.45) is 5.41 Å². The zero-order valence-electron chi connectivity index (χ0n) is 9.17. The first-order valence-corrected chi connectivity index (χ1v) is 6.16. The highest BCUT2D eigenvalue weighted by Gasteiger charge is 2.42. The van der Waals surface area contributed by atoms with Crippen LogP contribution >= 0.6 is 23.2 Å². The predicted molar refractivity (Wildman–Crippen MR) is 67.5 cm³/mol. The fraction of sp³-hybridized carbons (Fsp3) is 0.417. The molecular formula is C12H13Cl2NO2. The molecule has 0 atom stereocenters. The summed E-state index contributed by atoms with van der Waals surface area (Å²) >= 11 is 11.7. The number of nitrogens with one attached hydrogen (secondary N) is 1. The van der Waals surface area contributed by atoms with Crippen molar-refractivity contribution in [3.63, 3.8) is 0 Å². The Morgan fingerprint density at radius 1 is 1.41 bits per heavy atom. The summed E-state index contributed by atoms with van der Waals surface area (Å²) in [5.41, 5.74) is 0.305. The highest BCUT2D eigenvalue weighted by Crippen LogP contribution is 2.44. The Kier molecular flexibility index (Phi) is 3.61. The molecule has 92 valence electrons. The molecule has 0 aliphatic heterocycles. The quantitative estimate of drug-likeness (QED) is 0.886. The van der Waals surface area contributed by atoms with Crippen LogP contribution in [0.4, 0.5) is 0 Å². The van der Waals surface area contributed by atoms with Crippen LogP contribution in [-0.4, -0.2) is 24.2 Å². The molecular weight excluding hydrogens is 261 g/mol. The lowest BCUT2D eigenvalue weighted by Gasteiger charge is -2.13. The van der Waals surface area contributed by atoms with Gasteiger partial charge in [0.1, 0.15) is 0 Å². The maximum Gasteiger partial charge on any atom is 0.252 e. The van der Waals surface area contributed by atoms with E-state index in [9.17, 15) is 4.79 Å². The summed E-state index contributed by atoms with van der Waals surface area (Å²) < 4.78 is 0. The Bertz CT molecular complexity index is 444. The first-order chi connectivity index (χ1) is 8.06. The number of amides is 1. The highest BCUT2D eigenvalue weighted by molar-refractivity contribution is 6.36. The normalized spacial score (nSPS) is 16.6. The minimum atomic E-state index is -0.230. The van der Waals surface area contributed by atoms with Gasteiger partial charge in [-0.2, -0.15) is 0 Å². The monoisotopic (exact) mass is 273 g/mol. The predicted octanol–water partition coefficient (Wildman–Crippen LogP) is 2.50. The second-order valence-corrected chi connectivity index (χ2v) is 5.31. The van der Waals surface area contributed by atoms with Crippen molar-refractivity contribution >= 4 is 29.1 Å². The van der Waals surface area contributed by atoms with Gasteiger partial charge in [-0.1, -0.05) is 23.2 Å². The van der Waals surface area contributed by atoms with Gasteiger partial charge in [0.05, 0.1) is 17.2 Å². The van der Waals surface area contributed by atoms with Crippen LogP contribution < -0.4 is 5.32 Å². The average molecular weight is 274 g/mol. The van der Waals surface area contributed by atoms with Crippen LogP contribution in [0.15, 0.2) is 18.2 Å². The first-order valence-electron chi connectivity index (χ1n) is 5.40. The Balaban J connectivity index is 2.00. The Labute approximate surface area is 110 Å². The molecule has 1 fully saturated rings. The van der Waals surface area contributed by atoms with Crippen LogP contribution in [0.3, 0.4) is 0 Å². The van der Waals surface area contributed by atoms with Gasteiger partial charge in [0, 0.05) is 17.0 Å². The summed E-state index contributed by atoms with van der Waals surface area (Å²) in [6.45, 7) is 0.600. The zero-order chi connectivity index (χ0) is 12.5. The summed E-state index contributed by atoms with van der Waals surface area (Å²) in [6.07, 6.45) is 1.91. The molecule has 1 aromatic rings. The topological polar surface area (TPSA) is 49.3 Å². The van der Waals surface area contributed by atoms with Crippen molar-refractivity contribution in [1.29, 1.82) is 0 Å². The molecule has 1 amide bonds. The minimum Gasteiger partial charge on any atom is -0.396 e. The van der Waals surface area contributed by atoms with E-state index in [0.717, 1.165) is 12.8 Å². The van der Waals surface area contributed by atoms with Gasteiger partial charge in [-0.15, -0.1) is 0 Å². The van der Waals surface area contributed by atoms with Gasteiger partial charge in [-0.05, 0) is 31.0 Å². The lowest BCUT2D eigenvalue weighted by Crippen LogP contribution is -2.32. The summed E-state index contributed by atoms with van der Waals surface area (Å²) in [5, 5.41) is 12.8. The minimum absolute atomic E-state index is 0.103. The molecule has 0 unspecified atom stereocenters. The molecule has 0 spiro atoms. The number of hydrogen-bond donors (Lipinski definition) is 2. The van der Waals surface area contributed by atoms with E-state index in [0.29, 0.717) is 22.2 Å². The van der Waals surface area contributed by atoms with Crippen LogP contribution in [0, 0.1) is 5.41 Å². The Morgan fingerprint density at radius 3 is 2.65 bits per heavy atom. The van der Waals surface area contributed by atoms with E-state index in [-0.39, 0.29) is 17.9 Å². The molecule has 1 aromatic carbocycles. The molecule has 17 heavy (non-hydrogen) atoms. The van der Waals surface area contributed by atoms with E-state index in [1.54, 1.807) is 12.1 Å². The van der Waals surface area contributed by atoms with Gasteiger partial charge in [0.2, 0.25) is 0 Å². The van der Waals surface area contributed by atoms with Crippen molar-refractivity contribution in [3.8, 4) is 0 Å². The largest absolute Gasteiger partial charge is 0.396 e. The first kappa shape index (κ1) is 12.7. The maximum atomic E-state index is 11.8. The van der Waals surface area contributed by atoms with E-state index in [1.165, 1.54) is 6.07 Å². The van der Waals surface area contributed by atoms with Crippen LogP contribution in [0.25, 0.3) is 0 Å². The number of aliphatic hydroxyl groups is 1. The lowest BCUT2D eigenvalue weighted by molar-refractivity contribution is 0.0935. The zero-order valence-corrected chi connectivity index (χ0v) is 10.7. The van der Waals surface area contributed by atoms with Crippen LogP contribution in [0.1, 0.15) is 23.2 Å². The Morgan fingerprint density at radius 2 is 2.12 bits per heavy atom. The summed E-state index contributed by atoms with van der Waals surface area (Å²) in [6, 6.07) is 4.76. The molecule has 0 aromatic heterocycles. The molecule has 2 rings (SSSR count). The van der Waals surface area contributed by atoms with Gasteiger partial charge in [0.25, 0.3) is 5.91 Å². The molecule has 0 bridgehead atoms. The van der Waals surface area contributed by atoms with Crippen molar-refractivity contribution < 1.29 is 9.90 Å². The Hall–Kier alpha value is -0.770. The van der Waals surface area contributed by atoms with Crippen molar-refractivity contribution in [2.45, 2.75) is 12.8 Å². The molecule has 1 aliphatic carbocycles. The van der Waals surface area contributed by atoms with Gasteiger partial charge < -0.3 is 10.4 Å². The van der Waals surface area contributed by atoms with Crippen molar-refractivity contribution in [2.75, 3.05) is 13.2 Å². The summed E-state index contributed by atoms with van der Waals surface area (Å²) in [7, 11) is 0. The number of carbonyl (C=O) groups is 1. The summed E-state index contributed by atoms with van der Waals surface area (Å²) in [5.74, 6) is -0.230. The van der Waals surface area contributed by atoms with E-state index < -0.39 is 0 Å². The number of rotatable bonds is 4. The molecule has 3 nitrogen and oxygen atoms in total. The second-order valence-electron chi connectivity index (χ2n) is 4.46. The van der Waals surface area contributed by atoms with Crippen molar-refractivity contribution in [1.82, 2.24) is 5.32 Å². The smallest absolute Gasteiger partial charge is 0.252 e. The molecule has 0 radical (unpaired) electrons. The van der Waals surface area contributed by atoms with E-state index in [4.69, 9.17) is 28.3 Å². The maximum absolute atomic E-state index is 11.8. The lowest BCUT2D eigenvalue weighted by atomic mass is 10.1. The number of aliphatic hydroxyl groups excluding tert-OH is 1. The molecule has 1 saturated carbocycles. The molecule has 0 saturated heterocycles. The van der Waals surface area contributed by atoms with Gasteiger partial charge in [-0.3, -0.25) is 4.79 Å². The van der Waals surface area contributed by atoms with E-state index >= 15 is 0 Å². The third-order valence-electron chi connectivity index (χ3n) is 3.09. The van der Waals surface area contributed by atoms with Crippen LogP contribution in [0.5, 0.6) is 0 Å². The molecule has 0 heterocycles. The second kappa shape index (κ2) is 4.84.